The molecule has 2 aliphatic heterocycles. The molecule has 0 aromatic heterocycles. The predicted octanol–water partition coefficient (Wildman–Crippen LogP) is 1.14. The van der Waals surface area contributed by atoms with Crippen LogP contribution in [0.2, 0.25) is 0 Å². The highest BCUT2D eigenvalue weighted by atomic mass is 35.5. The molecule has 0 bridgehead atoms. The molecule has 1 aromatic carbocycles. The molecule has 2 fully saturated rings. The molecule has 0 radical (unpaired) electrons. The van der Waals surface area contributed by atoms with Gasteiger partial charge in [-0.3, -0.25) is 9.59 Å². The van der Waals surface area contributed by atoms with Crippen molar-refractivity contribution in [3.8, 4) is 0 Å². The maximum Gasteiger partial charge on any atom is 0.251 e. The third-order valence-electron chi connectivity index (χ3n) is 4.83. The lowest BCUT2D eigenvalue weighted by molar-refractivity contribution is -0.132. The number of amides is 2. The molecule has 150 valence electrons. The summed E-state index contributed by atoms with van der Waals surface area (Å²) in [5, 5.41) is 5.78. The molecule has 3 atom stereocenters. The van der Waals surface area contributed by atoms with Gasteiger partial charge < -0.3 is 25.8 Å². The van der Waals surface area contributed by atoms with E-state index >= 15 is 0 Å². The highest BCUT2D eigenvalue weighted by Gasteiger charge is 2.29. The van der Waals surface area contributed by atoms with Crippen molar-refractivity contribution >= 4 is 24.2 Å². The molecule has 0 saturated carbocycles. The quantitative estimate of drug-likeness (QED) is 0.640. The van der Waals surface area contributed by atoms with E-state index in [0.717, 1.165) is 31.4 Å². The van der Waals surface area contributed by atoms with Gasteiger partial charge in [-0.05, 0) is 43.4 Å². The van der Waals surface area contributed by atoms with Gasteiger partial charge in [-0.25, -0.2) is 0 Å². The average molecular weight is 398 g/mol. The monoisotopic (exact) mass is 397 g/mol. The Morgan fingerprint density at radius 2 is 2.00 bits per heavy atom. The molecule has 2 amide bonds. The van der Waals surface area contributed by atoms with Crippen molar-refractivity contribution in [1.29, 1.82) is 0 Å². The Kier molecular flexibility index (Phi) is 8.50. The van der Waals surface area contributed by atoms with Crippen LogP contribution in [0.15, 0.2) is 24.3 Å². The molecule has 1 aromatic rings. The zero-order valence-corrected chi connectivity index (χ0v) is 16.1. The Balaban J connectivity index is 0.00000261. The van der Waals surface area contributed by atoms with Crippen LogP contribution in [0.5, 0.6) is 0 Å². The number of carbonyl (C=O) groups is 2. The van der Waals surface area contributed by atoms with Gasteiger partial charge in [0.2, 0.25) is 5.91 Å². The first-order chi connectivity index (χ1) is 12.7. The average Bonchev–Trinajstić information content (AvgIpc) is 3.36. The van der Waals surface area contributed by atoms with E-state index in [1.54, 1.807) is 12.1 Å². The topological polar surface area (TPSA) is 103 Å². The summed E-state index contributed by atoms with van der Waals surface area (Å²) >= 11 is 0. The van der Waals surface area contributed by atoms with Gasteiger partial charge in [0, 0.05) is 31.8 Å². The molecule has 27 heavy (non-hydrogen) atoms. The third-order valence-corrected chi connectivity index (χ3v) is 4.83. The number of hydrogen-bond donors (Lipinski definition) is 3. The minimum atomic E-state index is -0.429. The van der Waals surface area contributed by atoms with E-state index in [2.05, 4.69) is 10.6 Å². The van der Waals surface area contributed by atoms with Crippen LogP contribution in [0, 0.1) is 0 Å². The number of nitrogens with one attached hydrogen (secondary N) is 2. The van der Waals surface area contributed by atoms with Gasteiger partial charge in [-0.1, -0.05) is 12.1 Å². The smallest absolute Gasteiger partial charge is 0.251 e. The molecule has 8 heteroatoms. The van der Waals surface area contributed by atoms with Crippen LogP contribution in [0.25, 0.3) is 0 Å². The SMILES string of the molecule is Cl.NC[C@H]1CC[C@@H](C(=O)NCc2cccc(C(=O)NCC3CCCO3)c2)O1. The second-order valence-electron chi connectivity index (χ2n) is 6.82. The van der Waals surface area contributed by atoms with E-state index in [-0.39, 0.29) is 36.4 Å². The first kappa shape index (κ1) is 21.6. The van der Waals surface area contributed by atoms with Crippen LogP contribution >= 0.6 is 12.4 Å². The summed E-state index contributed by atoms with van der Waals surface area (Å²) in [5.74, 6) is -0.257. The van der Waals surface area contributed by atoms with E-state index in [9.17, 15) is 9.59 Å². The van der Waals surface area contributed by atoms with Crippen molar-refractivity contribution in [2.24, 2.45) is 5.73 Å². The van der Waals surface area contributed by atoms with Crippen LogP contribution in [0.1, 0.15) is 41.6 Å². The second kappa shape index (κ2) is 10.6. The minimum absolute atomic E-state index is 0. The van der Waals surface area contributed by atoms with E-state index in [1.807, 2.05) is 12.1 Å². The number of hydrogen-bond acceptors (Lipinski definition) is 5. The van der Waals surface area contributed by atoms with Crippen LogP contribution in [0.3, 0.4) is 0 Å². The molecule has 2 heterocycles. The van der Waals surface area contributed by atoms with Crippen molar-refractivity contribution in [3.63, 3.8) is 0 Å². The molecule has 0 spiro atoms. The van der Waals surface area contributed by atoms with E-state index in [0.29, 0.717) is 31.6 Å². The summed E-state index contributed by atoms with van der Waals surface area (Å²) in [6, 6.07) is 7.26. The Morgan fingerprint density at radius 3 is 2.70 bits per heavy atom. The van der Waals surface area contributed by atoms with Gasteiger partial charge in [0.1, 0.15) is 6.10 Å². The highest BCUT2D eigenvalue weighted by Crippen LogP contribution is 2.19. The summed E-state index contributed by atoms with van der Waals surface area (Å²) in [5.41, 5.74) is 7.02. The number of nitrogens with two attached hydrogens (primary N) is 1. The standard InChI is InChI=1S/C19H27N3O4.ClH/c20-10-15-6-7-17(26-15)19(24)21-11-13-3-1-4-14(9-13)18(23)22-12-16-5-2-8-25-16;/h1,3-4,9,15-17H,2,5-8,10-12,20H2,(H,21,24)(H,22,23);1H/t15-,16?,17+;/m1./s1. The molecular weight excluding hydrogens is 370 g/mol. The largest absolute Gasteiger partial charge is 0.376 e. The summed E-state index contributed by atoms with van der Waals surface area (Å²) in [6.07, 6.45) is 3.20. The lowest BCUT2D eigenvalue weighted by atomic mass is 10.1. The first-order valence-corrected chi connectivity index (χ1v) is 9.27. The molecule has 2 aliphatic rings. The minimum Gasteiger partial charge on any atom is -0.376 e. The van der Waals surface area contributed by atoms with Gasteiger partial charge in [0.25, 0.3) is 5.91 Å². The fourth-order valence-corrected chi connectivity index (χ4v) is 3.31. The fraction of sp³-hybridized carbons (Fsp3) is 0.579. The maximum atomic E-state index is 12.3. The number of benzene rings is 1. The van der Waals surface area contributed by atoms with Crippen molar-refractivity contribution in [1.82, 2.24) is 10.6 Å². The van der Waals surface area contributed by atoms with Crippen molar-refractivity contribution in [3.05, 3.63) is 35.4 Å². The summed E-state index contributed by atoms with van der Waals surface area (Å²) in [6.45, 7) is 2.10. The predicted molar refractivity (Wildman–Crippen MR) is 104 cm³/mol. The van der Waals surface area contributed by atoms with Gasteiger partial charge in [0.15, 0.2) is 0 Å². The number of ether oxygens (including phenoxy) is 2. The lowest BCUT2D eigenvalue weighted by Crippen LogP contribution is -2.35. The van der Waals surface area contributed by atoms with Crippen LogP contribution < -0.4 is 16.4 Å². The fourth-order valence-electron chi connectivity index (χ4n) is 3.31. The molecular formula is C19H28ClN3O4. The van der Waals surface area contributed by atoms with E-state index < -0.39 is 6.10 Å². The van der Waals surface area contributed by atoms with Gasteiger partial charge in [-0.2, -0.15) is 0 Å². The second-order valence-corrected chi connectivity index (χ2v) is 6.82. The number of rotatable bonds is 7. The van der Waals surface area contributed by atoms with Crippen LogP contribution in [-0.2, 0) is 20.8 Å². The number of carbonyl (C=O) groups excluding carboxylic acids is 2. The Hall–Kier alpha value is -1.67. The van der Waals surface area contributed by atoms with Crippen LogP contribution in [-0.4, -0.2) is 49.8 Å². The van der Waals surface area contributed by atoms with Gasteiger partial charge in [0.05, 0.1) is 12.2 Å². The van der Waals surface area contributed by atoms with Crippen molar-refractivity contribution in [2.45, 2.75) is 50.5 Å². The van der Waals surface area contributed by atoms with E-state index in [4.69, 9.17) is 15.2 Å². The Labute approximate surface area is 165 Å². The van der Waals surface area contributed by atoms with Gasteiger partial charge >= 0.3 is 0 Å². The zero-order valence-electron chi connectivity index (χ0n) is 15.3. The Bertz CT molecular complexity index is 637. The summed E-state index contributed by atoms with van der Waals surface area (Å²) < 4.78 is 11.1. The molecule has 3 rings (SSSR count). The molecule has 1 unspecified atom stereocenters. The van der Waals surface area contributed by atoms with Gasteiger partial charge in [-0.15, -0.1) is 12.4 Å². The zero-order chi connectivity index (χ0) is 18.4. The van der Waals surface area contributed by atoms with Crippen molar-refractivity contribution in [2.75, 3.05) is 19.7 Å². The van der Waals surface area contributed by atoms with E-state index in [1.165, 1.54) is 0 Å². The lowest BCUT2D eigenvalue weighted by Gasteiger charge is -2.13. The normalized spacial score (nSPS) is 24.3. The molecule has 4 N–H and O–H groups in total. The first-order valence-electron chi connectivity index (χ1n) is 9.27. The van der Waals surface area contributed by atoms with Crippen LogP contribution in [0.4, 0.5) is 0 Å². The molecule has 0 aliphatic carbocycles. The third kappa shape index (κ3) is 6.17. The highest BCUT2D eigenvalue weighted by molar-refractivity contribution is 5.94. The number of halogens is 1. The Morgan fingerprint density at radius 1 is 1.15 bits per heavy atom. The van der Waals surface area contributed by atoms with Crippen molar-refractivity contribution < 1.29 is 19.1 Å². The maximum absolute atomic E-state index is 12.3. The molecule has 7 nitrogen and oxygen atoms in total. The summed E-state index contributed by atoms with van der Waals surface area (Å²) in [4.78, 5) is 24.5. The molecule has 2 saturated heterocycles. The summed E-state index contributed by atoms with van der Waals surface area (Å²) in [7, 11) is 0.